The maximum atomic E-state index is 4.70. The number of thiophene rings is 1. The van der Waals surface area contributed by atoms with Crippen molar-refractivity contribution < 1.29 is 0 Å². The lowest BCUT2D eigenvalue weighted by atomic mass is 9.85. The summed E-state index contributed by atoms with van der Waals surface area (Å²) >= 11 is 1.88. The molecule has 5 aromatic rings. The second-order valence-electron chi connectivity index (χ2n) is 10.9. The van der Waals surface area contributed by atoms with Crippen molar-refractivity contribution in [1.29, 1.82) is 0 Å². The molecule has 1 aliphatic carbocycles. The van der Waals surface area contributed by atoms with Crippen molar-refractivity contribution in [3.8, 4) is 0 Å². The van der Waals surface area contributed by atoms with Crippen LogP contribution in [0.1, 0.15) is 48.1 Å². The van der Waals surface area contributed by atoms with Crippen LogP contribution in [-0.4, -0.2) is 44.3 Å². The van der Waals surface area contributed by atoms with E-state index in [4.69, 9.17) is 4.98 Å². The van der Waals surface area contributed by atoms with Gasteiger partial charge in [-0.3, -0.25) is 4.68 Å². The van der Waals surface area contributed by atoms with E-state index in [0.29, 0.717) is 0 Å². The normalized spacial score (nSPS) is 18.2. The van der Waals surface area contributed by atoms with Crippen LogP contribution < -0.4 is 5.32 Å². The average molecular weight is 523 g/mol. The molecule has 194 valence electrons. The van der Waals surface area contributed by atoms with Crippen LogP contribution in [0.4, 0.5) is 11.5 Å². The van der Waals surface area contributed by atoms with Crippen molar-refractivity contribution >= 4 is 44.0 Å². The molecule has 0 bridgehead atoms. The summed E-state index contributed by atoms with van der Waals surface area (Å²) in [6.07, 6.45) is 12.7. The van der Waals surface area contributed by atoms with Crippen molar-refractivity contribution in [3.63, 3.8) is 0 Å². The molecule has 2 aromatic carbocycles. The SMILES string of the molecule is c1ccc(Cn2ncc3cc(Nc4ncnc5sc6c(c45)CCC(CCN4CCCCC4)C6)ccc32)cc1. The summed E-state index contributed by atoms with van der Waals surface area (Å²) in [4.78, 5) is 14.7. The zero-order chi connectivity index (χ0) is 25.3. The number of rotatable bonds is 7. The Labute approximate surface area is 227 Å². The largest absolute Gasteiger partial charge is 0.340 e. The lowest BCUT2D eigenvalue weighted by Crippen LogP contribution is -2.32. The molecule has 6 nitrogen and oxygen atoms in total. The van der Waals surface area contributed by atoms with E-state index in [1.54, 1.807) is 6.33 Å². The van der Waals surface area contributed by atoms with Crippen LogP contribution in [0, 0.1) is 5.92 Å². The fraction of sp³-hybridized carbons (Fsp3) is 0.387. The topological polar surface area (TPSA) is 58.9 Å². The number of nitrogens with zero attached hydrogens (tertiary/aromatic N) is 5. The molecule has 0 saturated carbocycles. The van der Waals surface area contributed by atoms with Crippen molar-refractivity contribution in [3.05, 3.63) is 77.1 Å². The summed E-state index contributed by atoms with van der Waals surface area (Å²) in [5.41, 5.74) is 4.89. The Morgan fingerprint density at radius 1 is 1.00 bits per heavy atom. The number of anilines is 2. The molecule has 1 aliphatic heterocycles. The molecule has 0 radical (unpaired) electrons. The van der Waals surface area contributed by atoms with Crippen LogP contribution >= 0.6 is 11.3 Å². The van der Waals surface area contributed by atoms with E-state index in [2.05, 4.69) is 67.4 Å². The Balaban J connectivity index is 1.09. The molecule has 1 N–H and O–H groups in total. The lowest BCUT2D eigenvalue weighted by Gasteiger charge is -2.29. The van der Waals surface area contributed by atoms with Gasteiger partial charge in [0.15, 0.2) is 0 Å². The van der Waals surface area contributed by atoms with E-state index >= 15 is 0 Å². The highest BCUT2D eigenvalue weighted by atomic mass is 32.1. The highest BCUT2D eigenvalue weighted by Gasteiger charge is 2.26. The maximum absolute atomic E-state index is 4.70. The zero-order valence-electron chi connectivity index (χ0n) is 21.8. The van der Waals surface area contributed by atoms with Gasteiger partial charge in [-0.1, -0.05) is 36.8 Å². The Bertz CT molecular complexity index is 1550. The molecule has 2 aliphatic rings. The number of likely N-dealkylation sites (tertiary alicyclic amines) is 1. The first-order chi connectivity index (χ1) is 18.8. The first-order valence-electron chi connectivity index (χ1n) is 14.0. The third-order valence-electron chi connectivity index (χ3n) is 8.33. The van der Waals surface area contributed by atoms with Crippen LogP contribution in [0.2, 0.25) is 0 Å². The van der Waals surface area contributed by atoms with Gasteiger partial charge < -0.3 is 10.2 Å². The predicted octanol–water partition coefficient (Wildman–Crippen LogP) is 6.81. The van der Waals surface area contributed by atoms with Crippen LogP contribution in [0.25, 0.3) is 21.1 Å². The number of fused-ring (bicyclic) bond motifs is 4. The molecule has 7 heteroatoms. The number of piperidine rings is 1. The van der Waals surface area contributed by atoms with Gasteiger partial charge in [0.2, 0.25) is 0 Å². The molecule has 3 aromatic heterocycles. The zero-order valence-corrected chi connectivity index (χ0v) is 22.6. The number of aryl methyl sites for hydroxylation is 1. The smallest absolute Gasteiger partial charge is 0.142 e. The molecule has 7 rings (SSSR count). The van der Waals surface area contributed by atoms with Crippen molar-refractivity contribution in [2.24, 2.45) is 5.92 Å². The van der Waals surface area contributed by atoms with Gasteiger partial charge in [0, 0.05) is 16.0 Å². The summed E-state index contributed by atoms with van der Waals surface area (Å²) in [5, 5.41) is 10.6. The Hall–Kier alpha value is -3.29. The van der Waals surface area contributed by atoms with Crippen molar-refractivity contribution in [2.45, 2.75) is 51.5 Å². The third-order valence-corrected chi connectivity index (χ3v) is 9.49. The van der Waals surface area contributed by atoms with Gasteiger partial charge in [-0.25, -0.2) is 9.97 Å². The molecule has 1 atom stereocenters. The third kappa shape index (κ3) is 4.81. The van der Waals surface area contributed by atoms with Gasteiger partial charge in [0.25, 0.3) is 0 Å². The maximum Gasteiger partial charge on any atom is 0.142 e. The highest BCUT2D eigenvalue weighted by molar-refractivity contribution is 7.19. The van der Waals surface area contributed by atoms with E-state index in [9.17, 15) is 0 Å². The quantitative estimate of drug-likeness (QED) is 0.254. The van der Waals surface area contributed by atoms with Gasteiger partial charge in [-0.2, -0.15) is 5.10 Å². The van der Waals surface area contributed by atoms with Gasteiger partial charge in [0.05, 0.1) is 23.6 Å². The van der Waals surface area contributed by atoms with E-state index in [1.807, 2.05) is 23.6 Å². The van der Waals surface area contributed by atoms with Crippen LogP contribution in [0.5, 0.6) is 0 Å². The van der Waals surface area contributed by atoms with Crippen LogP contribution in [0.15, 0.2) is 61.1 Å². The number of benzene rings is 2. The standard InChI is InChI=1S/C31H34N6S/c1-3-7-23(8-4-1)20-37-27-12-10-25(18-24(27)19-34-37)35-30-29-26-11-9-22(13-16-36-14-5-2-6-15-36)17-28(26)38-31(29)33-21-32-30/h1,3-4,7-8,10,12,18-19,21-22H,2,5-6,9,11,13-17,20H2,(H,32,33,35). The van der Waals surface area contributed by atoms with Crippen LogP contribution in [-0.2, 0) is 19.4 Å². The monoisotopic (exact) mass is 522 g/mol. The lowest BCUT2D eigenvalue weighted by molar-refractivity contribution is 0.209. The van der Waals surface area contributed by atoms with E-state index < -0.39 is 0 Å². The molecular formula is C31H34N6S. The summed E-state index contributed by atoms with van der Waals surface area (Å²) in [6, 6.07) is 16.9. The fourth-order valence-electron chi connectivity index (χ4n) is 6.25. The number of hydrogen-bond acceptors (Lipinski definition) is 6. The van der Waals surface area contributed by atoms with E-state index in [1.165, 1.54) is 79.5 Å². The Morgan fingerprint density at radius 2 is 1.89 bits per heavy atom. The van der Waals surface area contributed by atoms with E-state index in [-0.39, 0.29) is 0 Å². The molecule has 0 amide bonds. The second kappa shape index (κ2) is 10.5. The minimum atomic E-state index is 0.768. The second-order valence-corrected chi connectivity index (χ2v) is 12.0. The predicted molar refractivity (Wildman–Crippen MR) is 156 cm³/mol. The first-order valence-corrected chi connectivity index (χ1v) is 14.9. The van der Waals surface area contributed by atoms with Crippen LogP contribution in [0.3, 0.4) is 0 Å². The summed E-state index contributed by atoms with van der Waals surface area (Å²) < 4.78 is 2.06. The molecular weight excluding hydrogens is 488 g/mol. The highest BCUT2D eigenvalue weighted by Crippen LogP contribution is 2.41. The summed E-state index contributed by atoms with van der Waals surface area (Å²) in [7, 11) is 0. The van der Waals surface area contributed by atoms with Gasteiger partial charge in [-0.15, -0.1) is 11.3 Å². The Morgan fingerprint density at radius 3 is 2.79 bits per heavy atom. The van der Waals surface area contributed by atoms with E-state index in [0.717, 1.165) is 46.1 Å². The molecule has 38 heavy (non-hydrogen) atoms. The molecule has 0 spiro atoms. The van der Waals surface area contributed by atoms with Gasteiger partial charge >= 0.3 is 0 Å². The van der Waals surface area contributed by atoms with Gasteiger partial charge in [-0.05, 0) is 93.4 Å². The minimum absolute atomic E-state index is 0.768. The molecule has 1 unspecified atom stereocenters. The summed E-state index contributed by atoms with van der Waals surface area (Å²) in [6.45, 7) is 4.63. The summed E-state index contributed by atoms with van der Waals surface area (Å²) in [5.74, 6) is 1.71. The fourth-order valence-corrected chi connectivity index (χ4v) is 7.55. The number of aromatic nitrogens is 4. The minimum Gasteiger partial charge on any atom is -0.340 e. The van der Waals surface area contributed by atoms with Crippen molar-refractivity contribution in [1.82, 2.24) is 24.6 Å². The Kier molecular flexibility index (Phi) is 6.55. The number of nitrogens with one attached hydrogen (secondary N) is 1. The van der Waals surface area contributed by atoms with Crippen molar-refractivity contribution in [2.75, 3.05) is 25.0 Å². The first kappa shape index (κ1) is 23.8. The van der Waals surface area contributed by atoms with Gasteiger partial charge in [0.1, 0.15) is 17.0 Å². The average Bonchev–Trinajstić information content (AvgIpc) is 3.54. The molecule has 4 heterocycles. The molecule has 1 fully saturated rings. The number of hydrogen-bond donors (Lipinski definition) is 1. The molecule has 1 saturated heterocycles.